The molecular weight excluding hydrogens is 356 g/mol. The lowest BCUT2D eigenvalue weighted by atomic mass is 10.2. The first kappa shape index (κ1) is 17.1. The van der Waals surface area contributed by atoms with E-state index in [0.717, 1.165) is 0 Å². The molecule has 136 valence electrons. The standard InChI is InChI=1S/C17H17N4O4S/c22-13-8-15(20(9-13)10-14-5-2-6-26-14)17-18-16(19-25-17)11-3-1-4-12(7-11)21(23)24/h1-7,13,15,22-23H,8-10H2/q-1. The summed E-state index contributed by atoms with van der Waals surface area (Å²) in [7, 11) is 0. The fourth-order valence-electron chi connectivity index (χ4n) is 3.17. The Balaban J connectivity index is 1.57. The second-order valence-corrected chi connectivity index (χ2v) is 7.23. The normalized spacial score (nSPS) is 20.6. The lowest BCUT2D eigenvalue weighted by Crippen LogP contribution is -2.24. The summed E-state index contributed by atoms with van der Waals surface area (Å²) < 4.78 is 5.44. The van der Waals surface area contributed by atoms with Crippen LogP contribution in [0, 0.1) is 5.21 Å². The van der Waals surface area contributed by atoms with Crippen molar-refractivity contribution in [3.63, 3.8) is 0 Å². The number of hydrogen-bond acceptors (Lipinski definition) is 9. The quantitative estimate of drug-likeness (QED) is 0.657. The van der Waals surface area contributed by atoms with Crippen molar-refractivity contribution >= 4 is 17.0 Å². The van der Waals surface area contributed by atoms with E-state index >= 15 is 0 Å². The van der Waals surface area contributed by atoms with Gasteiger partial charge in [0, 0.05) is 23.5 Å². The second kappa shape index (κ2) is 7.14. The van der Waals surface area contributed by atoms with Crippen molar-refractivity contribution in [2.24, 2.45) is 0 Å². The van der Waals surface area contributed by atoms with E-state index < -0.39 is 6.10 Å². The molecule has 3 heterocycles. The van der Waals surface area contributed by atoms with Gasteiger partial charge in [0.15, 0.2) is 0 Å². The average Bonchev–Trinajstić information content (AvgIpc) is 3.36. The molecule has 0 radical (unpaired) electrons. The highest BCUT2D eigenvalue weighted by Crippen LogP contribution is 2.34. The van der Waals surface area contributed by atoms with Gasteiger partial charge >= 0.3 is 0 Å². The molecular formula is C17H17N4O4S-. The van der Waals surface area contributed by atoms with Gasteiger partial charge in [0.1, 0.15) is 0 Å². The first-order chi connectivity index (χ1) is 12.6. The lowest BCUT2D eigenvalue weighted by molar-refractivity contribution is 0.170. The molecule has 1 aliphatic rings. The SMILES string of the molecule is [O-]N(O)c1cccc(-c2noc(C3CC(O)CN3Cc3cccs3)n2)c1. The third-order valence-corrected chi connectivity index (χ3v) is 5.23. The molecule has 0 amide bonds. The van der Waals surface area contributed by atoms with Gasteiger partial charge < -0.3 is 20.1 Å². The van der Waals surface area contributed by atoms with E-state index in [1.54, 1.807) is 23.5 Å². The van der Waals surface area contributed by atoms with Gasteiger partial charge in [0.05, 0.1) is 17.8 Å². The second-order valence-electron chi connectivity index (χ2n) is 6.19. The van der Waals surface area contributed by atoms with Crippen molar-refractivity contribution in [3.8, 4) is 11.4 Å². The van der Waals surface area contributed by atoms with Crippen LogP contribution in [-0.2, 0) is 6.54 Å². The topological polar surface area (TPSA) is 109 Å². The number of benzene rings is 1. The smallest absolute Gasteiger partial charge is 0.244 e. The van der Waals surface area contributed by atoms with Crippen LogP contribution in [-0.4, -0.2) is 38.0 Å². The molecule has 0 saturated carbocycles. The van der Waals surface area contributed by atoms with Crippen molar-refractivity contribution in [2.75, 3.05) is 11.8 Å². The molecule has 26 heavy (non-hydrogen) atoms. The van der Waals surface area contributed by atoms with Crippen LogP contribution in [0.2, 0.25) is 0 Å². The molecule has 1 aromatic carbocycles. The third kappa shape index (κ3) is 3.48. The molecule has 1 saturated heterocycles. The highest BCUT2D eigenvalue weighted by molar-refractivity contribution is 7.09. The van der Waals surface area contributed by atoms with E-state index in [-0.39, 0.29) is 17.0 Å². The summed E-state index contributed by atoms with van der Waals surface area (Å²) in [5.41, 5.74) is 0.653. The van der Waals surface area contributed by atoms with Crippen molar-refractivity contribution in [1.29, 1.82) is 0 Å². The number of nitrogens with zero attached hydrogens (tertiary/aromatic N) is 4. The van der Waals surface area contributed by atoms with Crippen molar-refractivity contribution in [2.45, 2.75) is 25.1 Å². The zero-order valence-electron chi connectivity index (χ0n) is 13.7. The van der Waals surface area contributed by atoms with Crippen LogP contribution in [0.25, 0.3) is 11.4 Å². The maximum absolute atomic E-state index is 11.0. The van der Waals surface area contributed by atoms with Crippen LogP contribution >= 0.6 is 11.3 Å². The van der Waals surface area contributed by atoms with E-state index in [0.29, 0.717) is 36.8 Å². The summed E-state index contributed by atoms with van der Waals surface area (Å²) in [6.45, 7) is 1.26. The summed E-state index contributed by atoms with van der Waals surface area (Å²) >= 11 is 1.67. The van der Waals surface area contributed by atoms with Crippen molar-refractivity contribution < 1.29 is 14.8 Å². The number of thiophene rings is 1. The van der Waals surface area contributed by atoms with Crippen molar-refractivity contribution in [3.05, 3.63) is 57.8 Å². The van der Waals surface area contributed by atoms with Gasteiger partial charge in [-0.15, -0.1) is 11.3 Å². The Hall–Kier alpha value is -2.30. The number of rotatable bonds is 5. The van der Waals surface area contributed by atoms with Gasteiger partial charge in [-0.25, -0.2) is 0 Å². The van der Waals surface area contributed by atoms with Crippen molar-refractivity contribution in [1.82, 2.24) is 15.0 Å². The summed E-state index contributed by atoms with van der Waals surface area (Å²) in [4.78, 5) is 7.77. The van der Waals surface area contributed by atoms with E-state index in [1.807, 2.05) is 11.4 Å². The molecule has 3 aromatic rings. The van der Waals surface area contributed by atoms with E-state index in [9.17, 15) is 10.3 Å². The van der Waals surface area contributed by atoms with Gasteiger partial charge in [-0.3, -0.25) is 10.1 Å². The van der Waals surface area contributed by atoms with Crippen LogP contribution in [0.15, 0.2) is 46.3 Å². The largest absolute Gasteiger partial charge is 0.733 e. The van der Waals surface area contributed by atoms with Crippen LogP contribution in [0.4, 0.5) is 5.69 Å². The van der Waals surface area contributed by atoms with Gasteiger partial charge in [-0.1, -0.05) is 23.4 Å². The highest BCUT2D eigenvalue weighted by Gasteiger charge is 2.36. The molecule has 0 spiro atoms. The predicted molar refractivity (Wildman–Crippen MR) is 95.5 cm³/mol. The maximum Gasteiger partial charge on any atom is 0.244 e. The molecule has 2 atom stereocenters. The zero-order chi connectivity index (χ0) is 18.1. The summed E-state index contributed by atoms with van der Waals surface area (Å²) in [6, 6.07) is 10.2. The minimum Gasteiger partial charge on any atom is -0.733 e. The number of hydrogen-bond donors (Lipinski definition) is 2. The Bertz CT molecular complexity index is 867. The number of aromatic nitrogens is 2. The van der Waals surface area contributed by atoms with Crippen LogP contribution in [0.5, 0.6) is 0 Å². The fourth-order valence-corrected chi connectivity index (χ4v) is 3.89. The van der Waals surface area contributed by atoms with Crippen LogP contribution in [0.3, 0.4) is 0 Å². The Labute approximate surface area is 153 Å². The number of anilines is 1. The average molecular weight is 373 g/mol. The molecule has 9 heteroatoms. The number of aliphatic hydroxyl groups excluding tert-OH is 1. The first-order valence-corrected chi connectivity index (χ1v) is 9.03. The zero-order valence-corrected chi connectivity index (χ0v) is 14.5. The van der Waals surface area contributed by atoms with Gasteiger partial charge in [0.2, 0.25) is 11.7 Å². The molecule has 1 fully saturated rings. The van der Waals surface area contributed by atoms with Crippen LogP contribution < -0.4 is 5.23 Å². The Morgan fingerprint density at radius 1 is 1.35 bits per heavy atom. The molecule has 1 aliphatic heterocycles. The highest BCUT2D eigenvalue weighted by atomic mass is 32.1. The Kier molecular flexibility index (Phi) is 4.70. The third-order valence-electron chi connectivity index (χ3n) is 4.37. The molecule has 0 aliphatic carbocycles. The number of aliphatic hydroxyl groups is 1. The van der Waals surface area contributed by atoms with E-state index in [1.165, 1.54) is 17.0 Å². The van der Waals surface area contributed by atoms with E-state index in [2.05, 4.69) is 21.1 Å². The summed E-state index contributed by atoms with van der Waals surface area (Å²) in [6.07, 6.45) is 0.0833. The van der Waals surface area contributed by atoms with Crippen LogP contribution in [0.1, 0.15) is 23.2 Å². The Morgan fingerprint density at radius 2 is 2.23 bits per heavy atom. The molecule has 0 bridgehead atoms. The minimum absolute atomic E-state index is 0.0875. The predicted octanol–water partition coefficient (Wildman–Crippen LogP) is 2.80. The maximum atomic E-state index is 11.0. The van der Waals surface area contributed by atoms with Gasteiger partial charge in [-0.2, -0.15) is 4.98 Å². The number of β-amino-alcohol motifs (C(OH)–C–C–N with tert-alkyl or cyclic N) is 1. The molecule has 2 aromatic heterocycles. The molecule has 2 unspecified atom stereocenters. The molecule has 4 rings (SSSR count). The Morgan fingerprint density at radius 3 is 3.00 bits per heavy atom. The monoisotopic (exact) mass is 373 g/mol. The van der Waals surface area contributed by atoms with Gasteiger partial charge in [-0.05, 0) is 30.0 Å². The lowest BCUT2D eigenvalue weighted by Gasteiger charge is -2.21. The number of likely N-dealkylation sites (tertiary alicyclic amines) is 1. The minimum atomic E-state index is -0.443. The summed E-state index contributed by atoms with van der Waals surface area (Å²) in [5.74, 6) is 0.766. The fraction of sp³-hybridized carbons (Fsp3) is 0.294. The molecule has 8 nitrogen and oxygen atoms in total. The van der Waals surface area contributed by atoms with Gasteiger partial charge in [0.25, 0.3) is 0 Å². The molecule has 2 N–H and O–H groups in total. The summed E-state index contributed by atoms with van der Waals surface area (Å²) in [5, 5.41) is 36.0. The van der Waals surface area contributed by atoms with E-state index in [4.69, 9.17) is 9.73 Å². The first-order valence-electron chi connectivity index (χ1n) is 8.15.